The van der Waals surface area contributed by atoms with Crippen molar-refractivity contribution in [3.63, 3.8) is 0 Å². The normalized spacial score (nSPS) is 21.2. The first kappa shape index (κ1) is 14.4. The molecule has 4 heteroatoms. The highest BCUT2D eigenvalue weighted by Crippen LogP contribution is 2.21. The van der Waals surface area contributed by atoms with Crippen molar-refractivity contribution >= 4 is 0 Å². The average Bonchev–Trinajstić information content (AvgIpc) is 2.49. The van der Waals surface area contributed by atoms with Gasteiger partial charge >= 0.3 is 0 Å². The van der Waals surface area contributed by atoms with Crippen molar-refractivity contribution in [3.05, 3.63) is 30.1 Å². The highest BCUT2D eigenvalue weighted by Gasteiger charge is 2.25. The van der Waals surface area contributed by atoms with E-state index in [1.165, 1.54) is 12.0 Å². The third-order valence-electron chi connectivity index (χ3n) is 4.32. The molecule has 0 radical (unpaired) electrons. The van der Waals surface area contributed by atoms with Crippen LogP contribution >= 0.6 is 0 Å². The summed E-state index contributed by atoms with van der Waals surface area (Å²) in [6.07, 6.45) is 4.94. The molecule has 2 unspecified atom stereocenters. The Morgan fingerprint density at radius 3 is 2.26 bits per heavy atom. The second-order valence-electron chi connectivity index (χ2n) is 5.36. The lowest BCUT2D eigenvalue weighted by Gasteiger charge is -2.41. The van der Waals surface area contributed by atoms with Crippen molar-refractivity contribution in [2.24, 2.45) is 5.73 Å². The minimum atomic E-state index is 0.335. The summed E-state index contributed by atoms with van der Waals surface area (Å²) in [6.45, 7) is 9.76. The quantitative estimate of drug-likeness (QED) is 0.873. The Bertz CT molecular complexity index is 360. The lowest BCUT2D eigenvalue weighted by Crippen LogP contribution is -2.51. The molecule has 4 nitrogen and oxygen atoms in total. The third-order valence-corrected chi connectivity index (χ3v) is 4.32. The van der Waals surface area contributed by atoms with Gasteiger partial charge < -0.3 is 5.73 Å². The van der Waals surface area contributed by atoms with E-state index in [2.05, 4.69) is 40.8 Å². The smallest absolute Gasteiger partial charge is 0.0472 e. The largest absolute Gasteiger partial charge is 0.329 e. The molecule has 0 bridgehead atoms. The molecule has 1 aliphatic rings. The molecule has 1 fully saturated rings. The number of piperazine rings is 1. The van der Waals surface area contributed by atoms with Gasteiger partial charge in [0.1, 0.15) is 0 Å². The van der Waals surface area contributed by atoms with Crippen molar-refractivity contribution in [2.75, 3.05) is 32.7 Å². The van der Waals surface area contributed by atoms with E-state index in [0.29, 0.717) is 18.6 Å². The minimum absolute atomic E-state index is 0.335. The highest BCUT2D eigenvalue weighted by molar-refractivity contribution is 5.16. The van der Waals surface area contributed by atoms with Crippen molar-refractivity contribution in [2.45, 2.75) is 32.4 Å². The van der Waals surface area contributed by atoms with Crippen LogP contribution in [-0.4, -0.2) is 53.5 Å². The maximum Gasteiger partial charge on any atom is 0.0472 e. The lowest BCUT2D eigenvalue weighted by molar-refractivity contribution is 0.0743. The molecule has 0 aliphatic carbocycles. The second-order valence-corrected chi connectivity index (χ2v) is 5.36. The number of aromatic nitrogens is 1. The van der Waals surface area contributed by atoms with Gasteiger partial charge in [0.2, 0.25) is 0 Å². The minimum Gasteiger partial charge on any atom is -0.329 e. The molecule has 106 valence electrons. The van der Waals surface area contributed by atoms with E-state index in [-0.39, 0.29) is 0 Å². The zero-order chi connectivity index (χ0) is 13.7. The monoisotopic (exact) mass is 262 g/mol. The maximum atomic E-state index is 5.98. The zero-order valence-electron chi connectivity index (χ0n) is 12.1. The Labute approximate surface area is 116 Å². The van der Waals surface area contributed by atoms with Crippen LogP contribution in [0.3, 0.4) is 0 Å². The predicted octanol–water partition coefficient (Wildman–Crippen LogP) is 1.50. The molecule has 2 heterocycles. The van der Waals surface area contributed by atoms with Gasteiger partial charge in [0.05, 0.1) is 0 Å². The summed E-state index contributed by atoms with van der Waals surface area (Å²) in [7, 11) is 0. The molecule has 0 saturated carbocycles. The van der Waals surface area contributed by atoms with Crippen molar-refractivity contribution in [1.82, 2.24) is 14.8 Å². The first-order chi connectivity index (χ1) is 9.26. The Hall–Kier alpha value is -0.970. The van der Waals surface area contributed by atoms with Gasteiger partial charge in [-0.1, -0.05) is 6.92 Å². The Kier molecular flexibility index (Phi) is 5.31. The fourth-order valence-electron chi connectivity index (χ4n) is 2.83. The molecule has 1 aliphatic heterocycles. The average molecular weight is 262 g/mol. The summed E-state index contributed by atoms with van der Waals surface area (Å²) < 4.78 is 0. The van der Waals surface area contributed by atoms with Crippen LogP contribution in [0.15, 0.2) is 24.5 Å². The molecule has 0 spiro atoms. The number of rotatable bonds is 5. The van der Waals surface area contributed by atoms with Gasteiger partial charge in [0.15, 0.2) is 0 Å². The number of nitrogens with zero attached hydrogens (tertiary/aromatic N) is 3. The van der Waals surface area contributed by atoms with Crippen molar-refractivity contribution < 1.29 is 0 Å². The summed E-state index contributed by atoms with van der Waals surface area (Å²) in [5.74, 6) is 0. The van der Waals surface area contributed by atoms with E-state index in [1.807, 2.05) is 12.4 Å². The third kappa shape index (κ3) is 3.53. The summed E-state index contributed by atoms with van der Waals surface area (Å²) >= 11 is 0. The van der Waals surface area contributed by atoms with Gasteiger partial charge in [-0.15, -0.1) is 0 Å². The SMILES string of the molecule is CCC(C)N1CCN(C(CN)c2ccncc2)CC1. The Morgan fingerprint density at radius 2 is 1.74 bits per heavy atom. The predicted molar refractivity (Wildman–Crippen MR) is 78.9 cm³/mol. The number of hydrogen-bond donors (Lipinski definition) is 1. The molecule has 2 N–H and O–H groups in total. The van der Waals surface area contributed by atoms with Crippen LogP contribution in [0.5, 0.6) is 0 Å². The van der Waals surface area contributed by atoms with Gasteiger partial charge in [-0.2, -0.15) is 0 Å². The van der Waals surface area contributed by atoms with Crippen LogP contribution < -0.4 is 5.73 Å². The van der Waals surface area contributed by atoms with E-state index >= 15 is 0 Å². The Morgan fingerprint density at radius 1 is 1.16 bits per heavy atom. The number of pyridine rings is 1. The van der Waals surface area contributed by atoms with Gasteiger partial charge in [0, 0.05) is 57.2 Å². The van der Waals surface area contributed by atoms with Gasteiger partial charge in [-0.05, 0) is 31.0 Å². The zero-order valence-corrected chi connectivity index (χ0v) is 12.1. The fourth-order valence-corrected chi connectivity index (χ4v) is 2.83. The van der Waals surface area contributed by atoms with Crippen molar-refractivity contribution in [3.8, 4) is 0 Å². The fraction of sp³-hybridized carbons (Fsp3) is 0.667. The van der Waals surface area contributed by atoms with Crippen LogP contribution in [0, 0.1) is 0 Å². The maximum absolute atomic E-state index is 5.98. The summed E-state index contributed by atoms with van der Waals surface area (Å²) in [4.78, 5) is 9.17. The molecule has 0 aromatic carbocycles. The van der Waals surface area contributed by atoms with Crippen LogP contribution in [0.2, 0.25) is 0 Å². The molecule has 1 aromatic rings. The molecular formula is C15H26N4. The second kappa shape index (κ2) is 6.98. The van der Waals surface area contributed by atoms with Crippen LogP contribution in [0.4, 0.5) is 0 Å². The number of nitrogens with two attached hydrogens (primary N) is 1. The molecule has 2 rings (SSSR count). The lowest BCUT2D eigenvalue weighted by atomic mass is 10.1. The first-order valence-corrected chi connectivity index (χ1v) is 7.34. The van der Waals surface area contributed by atoms with Gasteiger partial charge in [-0.3, -0.25) is 14.8 Å². The van der Waals surface area contributed by atoms with Gasteiger partial charge in [0.25, 0.3) is 0 Å². The van der Waals surface area contributed by atoms with Crippen LogP contribution in [0.25, 0.3) is 0 Å². The highest BCUT2D eigenvalue weighted by atomic mass is 15.3. The van der Waals surface area contributed by atoms with Crippen LogP contribution in [0.1, 0.15) is 31.9 Å². The Balaban J connectivity index is 1.96. The molecule has 1 aromatic heterocycles. The van der Waals surface area contributed by atoms with Crippen molar-refractivity contribution in [1.29, 1.82) is 0 Å². The molecule has 1 saturated heterocycles. The summed E-state index contributed by atoms with van der Waals surface area (Å²) in [5.41, 5.74) is 7.27. The first-order valence-electron chi connectivity index (χ1n) is 7.34. The number of hydrogen-bond acceptors (Lipinski definition) is 4. The van der Waals surface area contributed by atoms with Crippen LogP contribution in [-0.2, 0) is 0 Å². The molecule has 2 atom stereocenters. The van der Waals surface area contributed by atoms with Gasteiger partial charge in [-0.25, -0.2) is 0 Å². The standard InChI is InChI=1S/C15H26N4/c1-3-13(2)18-8-10-19(11-9-18)15(12-16)14-4-6-17-7-5-14/h4-7,13,15H,3,8-12,16H2,1-2H3. The molecule has 0 amide bonds. The molecule has 19 heavy (non-hydrogen) atoms. The van der Waals surface area contributed by atoms with E-state index in [4.69, 9.17) is 5.73 Å². The van der Waals surface area contributed by atoms with E-state index in [9.17, 15) is 0 Å². The van der Waals surface area contributed by atoms with E-state index in [0.717, 1.165) is 26.2 Å². The topological polar surface area (TPSA) is 45.4 Å². The van der Waals surface area contributed by atoms with E-state index in [1.54, 1.807) is 0 Å². The summed E-state index contributed by atoms with van der Waals surface area (Å²) in [5, 5.41) is 0. The van der Waals surface area contributed by atoms with E-state index < -0.39 is 0 Å². The summed E-state index contributed by atoms with van der Waals surface area (Å²) in [6, 6.07) is 5.19. The molecular weight excluding hydrogens is 236 g/mol.